The summed E-state index contributed by atoms with van der Waals surface area (Å²) in [5.41, 5.74) is 3.34. The fraction of sp³-hybridized carbons (Fsp3) is 0.200. The summed E-state index contributed by atoms with van der Waals surface area (Å²) in [6.45, 7) is 2.04. The van der Waals surface area contributed by atoms with Gasteiger partial charge in [-0.2, -0.15) is 0 Å². The SMILES string of the molecule is CCOc1ccccc1-c1cn([C@@H](c2cccc(F)c2)[C@H](O)CO)c2ccccc12. The van der Waals surface area contributed by atoms with Gasteiger partial charge < -0.3 is 19.5 Å². The van der Waals surface area contributed by atoms with Gasteiger partial charge in [0.2, 0.25) is 0 Å². The minimum absolute atomic E-state index is 0.388. The van der Waals surface area contributed by atoms with E-state index in [1.54, 1.807) is 12.1 Å². The number of aliphatic hydroxyl groups is 2. The van der Waals surface area contributed by atoms with Gasteiger partial charge in [0.15, 0.2) is 0 Å². The summed E-state index contributed by atoms with van der Waals surface area (Å²) in [7, 11) is 0. The zero-order valence-corrected chi connectivity index (χ0v) is 16.7. The van der Waals surface area contributed by atoms with Crippen LogP contribution in [0.3, 0.4) is 0 Å². The van der Waals surface area contributed by atoms with Gasteiger partial charge in [-0.25, -0.2) is 4.39 Å². The molecule has 0 bridgehead atoms. The van der Waals surface area contributed by atoms with Crippen LogP contribution >= 0.6 is 0 Å². The van der Waals surface area contributed by atoms with Crippen LogP contribution < -0.4 is 4.74 Å². The van der Waals surface area contributed by atoms with Crippen molar-refractivity contribution in [3.05, 3.63) is 90.4 Å². The summed E-state index contributed by atoms with van der Waals surface area (Å²) in [6, 6.07) is 21.1. The largest absolute Gasteiger partial charge is 0.493 e. The van der Waals surface area contributed by atoms with E-state index < -0.39 is 18.8 Å². The molecule has 1 heterocycles. The van der Waals surface area contributed by atoms with Crippen molar-refractivity contribution in [2.24, 2.45) is 0 Å². The molecule has 2 atom stereocenters. The van der Waals surface area contributed by atoms with E-state index in [1.807, 2.05) is 66.2 Å². The van der Waals surface area contributed by atoms with E-state index in [0.29, 0.717) is 12.2 Å². The van der Waals surface area contributed by atoms with Crippen LogP contribution in [0, 0.1) is 5.82 Å². The summed E-state index contributed by atoms with van der Waals surface area (Å²) in [5, 5.41) is 21.4. The van der Waals surface area contributed by atoms with Gasteiger partial charge in [0, 0.05) is 28.2 Å². The first-order valence-electron chi connectivity index (χ1n) is 10.00. The fourth-order valence-corrected chi connectivity index (χ4v) is 3.98. The molecule has 0 fully saturated rings. The Morgan fingerprint density at radius 2 is 1.73 bits per heavy atom. The number of nitrogens with zero attached hydrogens (tertiary/aromatic N) is 1. The molecule has 0 aliphatic rings. The number of para-hydroxylation sites is 2. The lowest BCUT2D eigenvalue weighted by Gasteiger charge is -2.25. The third-order valence-electron chi connectivity index (χ3n) is 5.26. The quantitative estimate of drug-likeness (QED) is 0.465. The van der Waals surface area contributed by atoms with Gasteiger partial charge in [0.25, 0.3) is 0 Å². The van der Waals surface area contributed by atoms with Crippen LogP contribution in [-0.2, 0) is 0 Å². The zero-order valence-electron chi connectivity index (χ0n) is 16.7. The average molecular weight is 405 g/mol. The molecule has 30 heavy (non-hydrogen) atoms. The summed E-state index contributed by atoms with van der Waals surface area (Å²) in [5.74, 6) is 0.383. The maximum Gasteiger partial charge on any atom is 0.127 e. The summed E-state index contributed by atoms with van der Waals surface area (Å²) >= 11 is 0. The number of halogens is 1. The third kappa shape index (κ3) is 3.70. The number of benzene rings is 3. The lowest BCUT2D eigenvalue weighted by Crippen LogP contribution is -2.28. The van der Waals surface area contributed by atoms with Crippen LogP contribution in [-0.4, -0.2) is 34.1 Å². The predicted octanol–water partition coefficient (Wildman–Crippen LogP) is 4.79. The van der Waals surface area contributed by atoms with Crippen LogP contribution in [0.15, 0.2) is 79.0 Å². The Bertz CT molecular complexity index is 1150. The molecular formula is C25H24FNO3. The highest BCUT2D eigenvalue weighted by molar-refractivity contribution is 5.97. The Morgan fingerprint density at radius 3 is 2.50 bits per heavy atom. The number of hydrogen-bond donors (Lipinski definition) is 2. The number of fused-ring (bicyclic) bond motifs is 1. The maximum atomic E-state index is 14.0. The molecule has 4 rings (SSSR count). The van der Waals surface area contributed by atoms with Gasteiger partial charge in [-0.15, -0.1) is 0 Å². The van der Waals surface area contributed by atoms with Crippen LogP contribution in [0.5, 0.6) is 5.75 Å². The lowest BCUT2D eigenvalue weighted by atomic mass is 10.0. The Morgan fingerprint density at radius 1 is 0.967 bits per heavy atom. The molecular weight excluding hydrogens is 381 g/mol. The van der Waals surface area contributed by atoms with Crippen molar-refractivity contribution in [1.82, 2.24) is 4.57 Å². The molecule has 0 saturated heterocycles. The number of hydrogen-bond acceptors (Lipinski definition) is 3. The summed E-state index contributed by atoms with van der Waals surface area (Å²) < 4.78 is 21.7. The number of rotatable bonds is 7. The maximum absolute atomic E-state index is 14.0. The predicted molar refractivity (Wildman–Crippen MR) is 116 cm³/mol. The van der Waals surface area contributed by atoms with Crippen LogP contribution in [0.4, 0.5) is 4.39 Å². The minimum Gasteiger partial charge on any atom is -0.493 e. The Balaban J connectivity index is 1.96. The van der Waals surface area contributed by atoms with E-state index in [-0.39, 0.29) is 5.82 Å². The standard InChI is InChI=1S/C25H24FNO3/c1-2-30-24-13-6-4-11-20(24)21-15-27(22-12-5-3-10-19(21)22)25(23(29)16-28)17-8-7-9-18(26)14-17/h3-15,23,25,28-29H,2,16H2,1H3/t23-,25+/m1/s1. The smallest absolute Gasteiger partial charge is 0.127 e. The number of ether oxygens (including phenoxy) is 1. The molecule has 5 heteroatoms. The Labute approximate surface area is 174 Å². The van der Waals surface area contributed by atoms with Crippen molar-refractivity contribution in [3.63, 3.8) is 0 Å². The van der Waals surface area contributed by atoms with Crippen LogP contribution in [0.25, 0.3) is 22.0 Å². The van der Waals surface area contributed by atoms with E-state index in [1.165, 1.54) is 12.1 Å². The normalized spacial score (nSPS) is 13.3. The molecule has 154 valence electrons. The lowest BCUT2D eigenvalue weighted by molar-refractivity contribution is 0.0653. The third-order valence-corrected chi connectivity index (χ3v) is 5.26. The molecule has 0 unspecified atom stereocenters. The fourth-order valence-electron chi connectivity index (χ4n) is 3.98. The molecule has 2 N–H and O–H groups in total. The molecule has 0 aliphatic carbocycles. The monoisotopic (exact) mass is 405 g/mol. The van der Waals surface area contributed by atoms with Gasteiger partial charge in [-0.1, -0.05) is 48.5 Å². The molecule has 1 aromatic heterocycles. The average Bonchev–Trinajstić information content (AvgIpc) is 3.14. The number of aromatic nitrogens is 1. The molecule has 0 spiro atoms. The van der Waals surface area contributed by atoms with Crippen LogP contribution in [0.2, 0.25) is 0 Å². The first kappa shape index (κ1) is 20.1. The van der Waals surface area contributed by atoms with Crippen molar-refractivity contribution in [1.29, 1.82) is 0 Å². The highest BCUT2D eigenvalue weighted by Crippen LogP contribution is 2.39. The van der Waals surface area contributed by atoms with Crippen molar-refractivity contribution >= 4 is 10.9 Å². The summed E-state index contributed by atoms with van der Waals surface area (Å²) in [4.78, 5) is 0. The molecule has 3 aromatic carbocycles. The van der Waals surface area contributed by atoms with Crippen LogP contribution in [0.1, 0.15) is 18.5 Å². The zero-order chi connectivity index (χ0) is 21.1. The second-order valence-electron chi connectivity index (χ2n) is 7.15. The minimum atomic E-state index is -1.10. The highest BCUT2D eigenvalue weighted by Gasteiger charge is 2.26. The van der Waals surface area contributed by atoms with Gasteiger partial charge in [-0.3, -0.25) is 0 Å². The van der Waals surface area contributed by atoms with E-state index >= 15 is 0 Å². The first-order valence-corrected chi connectivity index (χ1v) is 10.00. The van der Waals surface area contributed by atoms with E-state index in [9.17, 15) is 14.6 Å². The van der Waals surface area contributed by atoms with Gasteiger partial charge in [0.1, 0.15) is 17.7 Å². The van der Waals surface area contributed by atoms with Gasteiger partial charge in [-0.05, 0) is 36.8 Å². The van der Waals surface area contributed by atoms with E-state index in [0.717, 1.165) is 27.8 Å². The Hall–Kier alpha value is -3.15. The molecule has 0 radical (unpaired) electrons. The molecule has 0 aliphatic heterocycles. The van der Waals surface area contributed by atoms with Crippen molar-refractivity contribution in [2.75, 3.05) is 13.2 Å². The Kier molecular flexibility index (Phi) is 5.84. The first-order chi connectivity index (χ1) is 14.6. The molecule has 0 amide bonds. The van der Waals surface area contributed by atoms with Crippen molar-refractivity contribution < 1.29 is 19.3 Å². The van der Waals surface area contributed by atoms with Crippen molar-refractivity contribution in [2.45, 2.75) is 19.1 Å². The number of aliphatic hydroxyl groups excluding tert-OH is 2. The summed E-state index contributed by atoms with van der Waals surface area (Å²) in [6.07, 6.45) is 0.842. The van der Waals surface area contributed by atoms with Gasteiger partial charge >= 0.3 is 0 Å². The molecule has 4 nitrogen and oxygen atoms in total. The second-order valence-corrected chi connectivity index (χ2v) is 7.15. The van der Waals surface area contributed by atoms with E-state index in [4.69, 9.17) is 4.74 Å². The second kappa shape index (κ2) is 8.69. The topological polar surface area (TPSA) is 54.6 Å². The molecule has 4 aromatic rings. The van der Waals surface area contributed by atoms with Crippen molar-refractivity contribution in [3.8, 4) is 16.9 Å². The van der Waals surface area contributed by atoms with E-state index in [2.05, 4.69) is 0 Å². The molecule has 0 saturated carbocycles. The highest BCUT2D eigenvalue weighted by atomic mass is 19.1. The van der Waals surface area contributed by atoms with Gasteiger partial charge in [0.05, 0.1) is 19.3 Å².